The van der Waals surface area contributed by atoms with Crippen LogP contribution in [0.2, 0.25) is 5.02 Å². The van der Waals surface area contributed by atoms with Gasteiger partial charge in [-0.1, -0.05) is 56.6 Å². The van der Waals surface area contributed by atoms with Crippen molar-refractivity contribution in [1.29, 1.82) is 0 Å². The highest BCUT2D eigenvalue weighted by atomic mass is 35.5. The molecule has 12 nitrogen and oxygen atoms in total. The first kappa shape index (κ1) is 31.6. The van der Waals surface area contributed by atoms with Crippen molar-refractivity contribution in [3.63, 3.8) is 0 Å². The summed E-state index contributed by atoms with van der Waals surface area (Å²) in [4.78, 5) is 37.6. The Balaban J connectivity index is 1.76. The number of halogens is 2. The van der Waals surface area contributed by atoms with Crippen molar-refractivity contribution >= 4 is 29.4 Å². The molecule has 0 aliphatic rings. The molecule has 3 N–H and O–H groups in total. The molecule has 0 fully saturated rings. The lowest BCUT2D eigenvalue weighted by Crippen LogP contribution is -2.46. The molecule has 0 radical (unpaired) electrons. The monoisotopic (exact) mass is 589 g/mol. The van der Waals surface area contributed by atoms with Crippen molar-refractivity contribution in [3.05, 3.63) is 64.7 Å². The van der Waals surface area contributed by atoms with E-state index in [1.165, 1.54) is 23.2 Å². The Morgan fingerprint density at radius 2 is 1.80 bits per heavy atom. The minimum atomic E-state index is -0.842. The zero-order valence-corrected chi connectivity index (χ0v) is 24.0. The first-order chi connectivity index (χ1) is 19.5. The smallest absolute Gasteiger partial charge is 0.324 e. The summed E-state index contributed by atoms with van der Waals surface area (Å²) in [6.07, 6.45) is 0. The van der Waals surface area contributed by atoms with Gasteiger partial charge in [-0.2, -0.15) is 4.68 Å². The maximum absolute atomic E-state index is 14.3. The molecule has 3 aromatic rings. The lowest BCUT2D eigenvalue weighted by Gasteiger charge is -2.25. The average molecular weight is 590 g/mol. The number of rotatable bonds is 13. The zero-order chi connectivity index (χ0) is 30.1. The lowest BCUT2D eigenvalue weighted by atomic mass is 10.0. The van der Waals surface area contributed by atoms with Gasteiger partial charge in [-0.05, 0) is 52.6 Å². The summed E-state index contributed by atoms with van der Waals surface area (Å²) in [5.41, 5.74) is 10.2. The highest BCUT2D eigenvalue weighted by Gasteiger charge is 2.25. The van der Waals surface area contributed by atoms with E-state index >= 15 is 0 Å². The van der Waals surface area contributed by atoms with Gasteiger partial charge in [-0.3, -0.25) is 19.8 Å². The van der Waals surface area contributed by atoms with E-state index in [0.717, 1.165) is 10.2 Å². The number of aromatic nitrogens is 4. The molecule has 2 aromatic carbocycles. The number of hydrogen-bond acceptors (Lipinski definition) is 10. The highest BCUT2D eigenvalue weighted by Crippen LogP contribution is 2.26. The van der Waals surface area contributed by atoms with Crippen LogP contribution in [0, 0.1) is 17.7 Å². The first-order valence-electron chi connectivity index (χ1n) is 12.9. The van der Waals surface area contributed by atoms with Crippen LogP contribution < -0.4 is 11.2 Å². The predicted octanol–water partition coefficient (Wildman–Crippen LogP) is 2.96. The summed E-state index contributed by atoms with van der Waals surface area (Å²) in [5.74, 6) is -3.17. The second-order valence-corrected chi connectivity index (χ2v) is 10.1. The Labute approximate surface area is 241 Å². The summed E-state index contributed by atoms with van der Waals surface area (Å²) in [7, 11) is 0. The summed E-state index contributed by atoms with van der Waals surface area (Å²) >= 11 is 6.03. The molecule has 0 unspecified atom stereocenters. The van der Waals surface area contributed by atoms with E-state index in [9.17, 15) is 18.8 Å². The van der Waals surface area contributed by atoms with Gasteiger partial charge in [0.05, 0.1) is 12.5 Å². The van der Waals surface area contributed by atoms with Crippen LogP contribution in [0.15, 0.2) is 42.5 Å². The third kappa shape index (κ3) is 8.77. The van der Waals surface area contributed by atoms with Crippen LogP contribution in [0.5, 0.6) is 0 Å². The van der Waals surface area contributed by atoms with Crippen LogP contribution in [-0.4, -0.2) is 62.3 Å². The van der Waals surface area contributed by atoms with E-state index < -0.39 is 42.4 Å². The Bertz CT molecular complexity index is 1350. The summed E-state index contributed by atoms with van der Waals surface area (Å²) in [5, 5.41) is 12.9. The van der Waals surface area contributed by atoms with Gasteiger partial charge in [-0.25, -0.2) is 9.40 Å². The number of hydrazine groups is 1. The number of tetrazole rings is 1. The number of nitrogens with one attached hydrogen (secondary N) is 1. The molecule has 14 heteroatoms. The maximum Gasteiger partial charge on any atom is 0.324 e. The van der Waals surface area contributed by atoms with Gasteiger partial charge in [0.25, 0.3) is 0 Å². The molecule has 1 amide bonds. The van der Waals surface area contributed by atoms with Crippen LogP contribution in [-0.2, 0) is 32.3 Å². The fourth-order valence-electron chi connectivity index (χ4n) is 3.71. The Kier molecular flexibility index (Phi) is 11.3. The standard InChI is InChI=1S/C27H33ClFN7O5/c1-5-40-26(38)17(4)13-35(14-18-6-8-19(9-7-18)21-12-20(28)10-11-22(21)29)32-25(37)24-31-33-34-36(24)15-41-27(39)23(30)16(2)3/h6-12,16-17,23H,5,13-15,30H2,1-4H3,(H,32,37)/t17-,23+/m1/s1. The number of ether oxygens (including phenoxy) is 2. The van der Waals surface area contributed by atoms with Crippen LogP contribution in [0.1, 0.15) is 43.9 Å². The van der Waals surface area contributed by atoms with Gasteiger partial charge >= 0.3 is 17.8 Å². The molecule has 220 valence electrons. The topological polar surface area (TPSA) is 155 Å². The summed E-state index contributed by atoms with van der Waals surface area (Å²) < 4.78 is 25.6. The molecular formula is C27H33ClFN7O5. The molecule has 1 aromatic heterocycles. The molecule has 2 atom stereocenters. The van der Waals surface area contributed by atoms with Crippen molar-refractivity contribution in [3.8, 4) is 11.1 Å². The number of esters is 2. The van der Waals surface area contributed by atoms with E-state index in [1.807, 2.05) is 0 Å². The molecular weight excluding hydrogens is 557 g/mol. The minimum absolute atomic E-state index is 0.0923. The predicted molar refractivity (Wildman–Crippen MR) is 147 cm³/mol. The summed E-state index contributed by atoms with van der Waals surface area (Å²) in [6, 6.07) is 10.5. The van der Waals surface area contributed by atoms with Gasteiger partial charge in [0.1, 0.15) is 11.9 Å². The van der Waals surface area contributed by atoms with Crippen LogP contribution in [0.4, 0.5) is 4.39 Å². The average Bonchev–Trinajstić information content (AvgIpc) is 3.42. The Morgan fingerprint density at radius 3 is 2.46 bits per heavy atom. The van der Waals surface area contributed by atoms with Gasteiger partial charge in [0.15, 0.2) is 6.73 Å². The number of hydrogen-bond donors (Lipinski definition) is 2. The van der Waals surface area contributed by atoms with Crippen molar-refractivity contribution in [1.82, 2.24) is 30.6 Å². The quantitative estimate of drug-likeness (QED) is 0.224. The fraction of sp³-hybridized carbons (Fsp3) is 0.407. The number of carbonyl (C=O) groups is 3. The van der Waals surface area contributed by atoms with Crippen molar-refractivity contribution in [2.75, 3.05) is 13.2 Å². The van der Waals surface area contributed by atoms with Gasteiger partial charge in [0.2, 0.25) is 5.82 Å². The van der Waals surface area contributed by atoms with E-state index in [4.69, 9.17) is 26.8 Å². The number of nitrogens with two attached hydrogens (primary N) is 1. The van der Waals surface area contributed by atoms with Gasteiger partial charge < -0.3 is 15.2 Å². The lowest BCUT2D eigenvalue weighted by molar-refractivity contribution is -0.150. The van der Waals surface area contributed by atoms with E-state index in [-0.39, 0.29) is 31.4 Å². The van der Waals surface area contributed by atoms with E-state index in [2.05, 4.69) is 21.0 Å². The molecule has 0 spiro atoms. The second-order valence-electron chi connectivity index (χ2n) is 9.66. The van der Waals surface area contributed by atoms with Crippen LogP contribution in [0.3, 0.4) is 0 Å². The number of amides is 1. The minimum Gasteiger partial charge on any atom is -0.466 e. The molecule has 1 heterocycles. The summed E-state index contributed by atoms with van der Waals surface area (Å²) in [6.45, 7) is 6.98. The molecule has 0 saturated heterocycles. The van der Waals surface area contributed by atoms with E-state index in [0.29, 0.717) is 16.1 Å². The highest BCUT2D eigenvalue weighted by molar-refractivity contribution is 6.30. The molecule has 0 aliphatic heterocycles. The molecule has 3 rings (SSSR count). The molecule has 0 bridgehead atoms. The van der Waals surface area contributed by atoms with Crippen LogP contribution >= 0.6 is 11.6 Å². The Hall–Kier alpha value is -3.94. The number of benzene rings is 2. The second kappa shape index (κ2) is 14.6. The van der Waals surface area contributed by atoms with Crippen molar-refractivity contribution in [2.24, 2.45) is 17.6 Å². The van der Waals surface area contributed by atoms with Gasteiger partial charge in [-0.15, -0.1) is 5.10 Å². The number of carbonyl (C=O) groups excluding carboxylic acids is 3. The third-order valence-corrected chi connectivity index (χ3v) is 6.30. The van der Waals surface area contributed by atoms with Gasteiger partial charge in [0, 0.05) is 23.7 Å². The SMILES string of the molecule is CCOC(=O)[C@H](C)CN(Cc1ccc(-c2cc(Cl)ccc2F)cc1)NC(=O)c1nnnn1COC(=O)[C@@H](N)C(C)C. The van der Waals surface area contributed by atoms with Crippen LogP contribution in [0.25, 0.3) is 11.1 Å². The molecule has 41 heavy (non-hydrogen) atoms. The number of nitrogens with zero attached hydrogens (tertiary/aromatic N) is 5. The zero-order valence-electron chi connectivity index (χ0n) is 23.2. The van der Waals surface area contributed by atoms with Crippen molar-refractivity contribution in [2.45, 2.75) is 47.0 Å². The molecule has 0 saturated carbocycles. The largest absolute Gasteiger partial charge is 0.466 e. The Morgan fingerprint density at radius 1 is 1.10 bits per heavy atom. The maximum atomic E-state index is 14.3. The molecule has 0 aliphatic carbocycles. The third-order valence-electron chi connectivity index (χ3n) is 6.06. The van der Waals surface area contributed by atoms with E-state index in [1.54, 1.807) is 52.0 Å². The normalized spacial score (nSPS) is 12.7. The first-order valence-corrected chi connectivity index (χ1v) is 13.3. The van der Waals surface area contributed by atoms with Crippen molar-refractivity contribution < 1.29 is 28.2 Å². The fourth-order valence-corrected chi connectivity index (χ4v) is 3.88.